The zero-order valence-electron chi connectivity index (χ0n) is 12.7. The molecule has 0 amide bonds. The van der Waals surface area contributed by atoms with E-state index in [0.717, 1.165) is 5.56 Å². The van der Waals surface area contributed by atoms with Gasteiger partial charge in [0.2, 0.25) is 10.0 Å². The van der Waals surface area contributed by atoms with Gasteiger partial charge in [-0.05, 0) is 19.4 Å². The van der Waals surface area contributed by atoms with Gasteiger partial charge in [-0.15, -0.1) is 0 Å². The molecule has 0 aliphatic carbocycles. The number of aliphatic hydroxyl groups is 1. The van der Waals surface area contributed by atoms with Gasteiger partial charge in [0.25, 0.3) is 0 Å². The molecule has 1 aliphatic rings. The number of rotatable bonds is 5. The number of piperazine rings is 1. The first kappa shape index (κ1) is 16.4. The molecule has 0 spiro atoms. The van der Waals surface area contributed by atoms with Gasteiger partial charge >= 0.3 is 0 Å². The molecule has 1 aromatic rings. The highest BCUT2D eigenvalue weighted by molar-refractivity contribution is 7.88. The van der Waals surface area contributed by atoms with Gasteiger partial charge in [0.05, 0.1) is 12.4 Å². The minimum absolute atomic E-state index is 0.0528. The molecule has 0 bridgehead atoms. The van der Waals surface area contributed by atoms with Crippen LogP contribution in [0.3, 0.4) is 0 Å². The van der Waals surface area contributed by atoms with E-state index in [0.29, 0.717) is 26.2 Å². The van der Waals surface area contributed by atoms with Crippen LogP contribution in [0.5, 0.6) is 0 Å². The van der Waals surface area contributed by atoms with Crippen LogP contribution in [0.15, 0.2) is 30.3 Å². The van der Waals surface area contributed by atoms with E-state index in [4.69, 9.17) is 0 Å². The minimum atomic E-state index is -3.27. The first-order chi connectivity index (χ1) is 9.85. The molecule has 1 saturated heterocycles. The molecule has 0 unspecified atom stereocenters. The second-order valence-electron chi connectivity index (χ2n) is 6.10. The molecule has 2 rings (SSSR count). The molecule has 0 aromatic heterocycles. The fourth-order valence-electron chi connectivity index (χ4n) is 2.55. The minimum Gasteiger partial charge on any atom is -0.394 e. The Bertz CT molecular complexity index is 550. The van der Waals surface area contributed by atoms with Crippen molar-refractivity contribution in [3.8, 4) is 0 Å². The SMILES string of the molecule is CC(C)(CO)N1CCN(S(=O)(=O)Cc2ccccc2)CC1. The Morgan fingerprint density at radius 3 is 2.19 bits per heavy atom. The smallest absolute Gasteiger partial charge is 0.218 e. The third-order valence-electron chi connectivity index (χ3n) is 4.07. The second kappa shape index (κ2) is 6.44. The van der Waals surface area contributed by atoms with Crippen LogP contribution >= 0.6 is 0 Å². The average Bonchev–Trinajstić information content (AvgIpc) is 2.48. The Balaban J connectivity index is 1.98. The Hall–Kier alpha value is -0.950. The van der Waals surface area contributed by atoms with Gasteiger partial charge in [-0.3, -0.25) is 4.90 Å². The molecule has 0 saturated carbocycles. The Kier molecular flexibility index (Phi) is 5.03. The molecular formula is C15H24N2O3S. The van der Waals surface area contributed by atoms with Crippen LogP contribution in [0.4, 0.5) is 0 Å². The summed E-state index contributed by atoms with van der Waals surface area (Å²) in [6.45, 7) is 6.30. The first-order valence-electron chi connectivity index (χ1n) is 7.23. The zero-order valence-corrected chi connectivity index (χ0v) is 13.5. The first-order valence-corrected chi connectivity index (χ1v) is 8.84. The Morgan fingerprint density at radius 2 is 1.67 bits per heavy atom. The number of hydrogen-bond acceptors (Lipinski definition) is 4. The summed E-state index contributed by atoms with van der Waals surface area (Å²) in [7, 11) is -3.27. The fourth-order valence-corrected chi connectivity index (χ4v) is 4.06. The van der Waals surface area contributed by atoms with Gasteiger partial charge in [0.1, 0.15) is 0 Å². The van der Waals surface area contributed by atoms with Crippen LogP contribution < -0.4 is 0 Å². The monoisotopic (exact) mass is 312 g/mol. The fraction of sp³-hybridized carbons (Fsp3) is 0.600. The van der Waals surface area contributed by atoms with Crippen molar-refractivity contribution in [1.82, 2.24) is 9.21 Å². The number of nitrogens with zero attached hydrogens (tertiary/aromatic N) is 2. The van der Waals surface area contributed by atoms with Crippen molar-refractivity contribution in [3.63, 3.8) is 0 Å². The highest BCUT2D eigenvalue weighted by Crippen LogP contribution is 2.19. The number of hydrogen-bond donors (Lipinski definition) is 1. The predicted octanol–water partition coefficient (Wildman–Crippen LogP) is 0.905. The molecule has 118 valence electrons. The van der Waals surface area contributed by atoms with E-state index in [1.807, 2.05) is 44.2 Å². The van der Waals surface area contributed by atoms with E-state index >= 15 is 0 Å². The van der Waals surface area contributed by atoms with E-state index < -0.39 is 10.0 Å². The van der Waals surface area contributed by atoms with Gasteiger partial charge in [0, 0.05) is 31.7 Å². The highest BCUT2D eigenvalue weighted by atomic mass is 32.2. The van der Waals surface area contributed by atoms with Crippen molar-refractivity contribution in [2.75, 3.05) is 32.8 Å². The maximum atomic E-state index is 12.4. The lowest BCUT2D eigenvalue weighted by Crippen LogP contribution is -2.57. The van der Waals surface area contributed by atoms with Crippen molar-refractivity contribution < 1.29 is 13.5 Å². The van der Waals surface area contributed by atoms with Crippen LogP contribution in [0.2, 0.25) is 0 Å². The molecule has 1 fully saturated rings. The molecule has 1 N–H and O–H groups in total. The normalized spacial score (nSPS) is 18.8. The summed E-state index contributed by atoms with van der Waals surface area (Å²) >= 11 is 0. The third kappa shape index (κ3) is 4.03. The third-order valence-corrected chi connectivity index (χ3v) is 5.92. The van der Waals surface area contributed by atoms with Crippen LogP contribution in [0.25, 0.3) is 0 Å². The van der Waals surface area contributed by atoms with Gasteiger partial charge in [-0.2, -0.15) is 4.31 Å². The van der Waals surface area contributed by atoms with Crippen molar-refractivity contribution in [2.45, 2.75) is 25.1 Å². The van der Waals surface area contributed by atoms with Crippen molar-refractivity contribution in [2.24, 2.45) is 0 Å². The van der Waals surface area contributed by atoms with Gasteiger partial charge in [-0.25, -0.2) is 8.42 Å². The quantitative estimate of drug-likeness (QED) is 0.878. The molecule has 6 heteroatoms. The molecule has 0 radical (unpaired) electrons. The lowest BCUT2D eigenvalue weighted by Gasteiger charge is -2.42. The van der Waals surface area contributed by atoms with Crippen LogP contribution in [-0.2, 0) is 15.8 Å². The summed E-state index contributed by atoms with van der Waals surface area (Å²) in [5, 5.41) is 9.39. The van der Waals surface area contributed by atoms with Gasteiger partial charge in [-0.1, -0.05) is 30.3 Å². The number of benzene rings is 1. The molecule has 5 nitrogen and oxygen atoms in total. The largest absolute Gasteiger partial charge is 0.394 e. The van der Waals surface area contributed by atoms with Crippen LogP contribution in [0.1, 0.15) is 19.4 Å². The van der Waals surface area contributed by atoms with E-state index in [2.05, 4.69) is 4.90 Å². The maximum absolute atomic E-state index is 12.4. The summed E-state index contributed by atoms with van der Waals surface area (Å²) in [5.74, 6) is 0.0528. The molecule has 1 aliphatic heterocycles. The molecule has 0 atom stereocenters. The van der Waals surface area contributed by atoms with E-state index in [9.17, 15) is 13.5 Å². The zero-order chi connectivity index (χ0) is 15.5. The summed E-state index contributed by atoms with van der Waals surface area (Å²) in [4.78, 5) is 2.14. The van der Waals surface area contributed by atoms with E-state index in [1.165, 1.54) is 0 Å². The predicted molar refractivity (Wildman–Crippen MR) is 83.4 cm³/mol. The number of sulfonamides is 1. The molecule has 1 aromatic carbocycles. The molecule has 1 heterocycles. The molecular weight excluding hydrogens is 288 g/mol. The average molecular weight is 312 g/mol. The molecule has 21 heavy (non-hydrogen) atoms. The van der Waals surface area contributed by atoms with Crippen LogP contribution in [0, 0.1) is 0 Å². The topological polar surface area (TPSA) is 60.9 Å². The van der Waals surface area contributed by atoms with E-state index in [1.54, 1.807) is 4.31 Å². The van der Waals surface area contributed by atoms with Gasteiger partial charge in [0.15, 0.2) is 0 Å². The Morgan fingerprint density at radius 1 is 1.10 bits per heavy atom. The summed E-state index contributed by atoms with van der Waals surface area (Å²) in [5.41, 5.74) is 0.519. The highest BCUT2D eigenvalue weighted by Gasteiger charge is 2.33. The lowest BCUT2D eigenvalue weighted by atomic mass is 10.0. The van der Waals surface area contributed by atoms with Crippen molar-refractivity contribution in [3.05, 3.63) is 35.9 Å². The summed E-state index contributed by atoms with van der Waals surface area (Å²) < 4.78 is 26.4. The van der Waals surface area contributed by atoms with Crippen molar-refractivity contribution >= 4 is 10.0 Å². The standard InChI is InChI=1S/C15H24N2O3S/c1-15(2,13-18)16-8-10-17(11-9-16)21(19,20)12-14-6-4-3-5-7-14/h3-7,18H,8-13H2,1-2H3. The summed E-state index contributed by atoms with van der Waals surface area (Å²) in [6.07, 6.45) is 0. The van der Waals surface area contributed by atoms with E-state index in [-0.39, 0.29) is 17.9 Å². The van der Waals surface area contributed by atoms with Crippen LogP contribution in [-0.4, -0.2) is 61.1 Å². The maximum Gasteiger partial charge on any atom is 0.218 e. The Labute approximate surface area is 127 Å². The lowest BCUT2D eigenvalue weighted by molar-refractivity contribution is 0.0334. The van der Waals surface area contributed by atoms with Gasteiger partial charge < -0.3 is 5.11 Å². The second-order valence-corrected chi connectivity index (χ2v) is 8.07. The number of aliphatic hydroxyl groups excluding tert-OH is 1. The van der Waals surface area contributed by atoms with Crippen molar-refractivity contribution in [1.29, 1.82) is 0 Å². The summed E-state index contributed by atoms with van der Waals surface area (Å²) in [6, 6.07) is 9.26.